The Labute approximate surface area is 128 Å². The lowest BCUT2D eigenvalue weighted by Gasteiger charge is -2.08. The van der Waals surface area contributed by atoms with Gasteiger partial charge < -0.3 is 5.32 Å². The van der Waals surface area contributed by atoms with E-state index in [0.717, 1.165) is 12.5 Å². The molecule has 1 aliphatic rings. The zero-order valence-electron chi connectivity index (χ0n) is 13.0. The fourth-order valence-electron chi connectivity index (χ4n) is 3.00. The molecular weight excluding hydrogens is 254 g/mol. The van der Waals surface area contributed by atoms with Crippen molar-refractivity contribution in [1.82, 2.24) is 5.32 Å². The quantitative estimate of drug-likeness (QED) is 0.819. The molecule has 0 aromatic heterocycles. The largest absolute Gasteiger partial charge is 0.309 e. The van der Waals surface area contributed by atoms with E-state index in [4.69, 9.17) is 0 Å². The van der Waals surface area contributed by atoms with Gasteiger partial charge in [-0.3, -0.25) is 0 Å². The zero-order valence-corrected chi connectivity index (χ0v) is 13.0. The molecule has 110 valence electrons. The van der Waals surface area contributed by atoms with Crippen LogP contribution < -0.4 is 5.32 Å². The second-order valence-electron chi connectivity index (χ2n) is 6.65. The van der Waals surface area contributed by atoms with Crippen molar-refractivity contribution in [3.05, 3.63) is 71.3 Å². The summed E-state index contributed by atoms with van der Waals surface area (Å²) in [5.74, 6) is 1.44. The van der Waals surface area contributed by atoms with E-state index in [2.05, 4.69) is 73.8 Å². The second-order valence-corrected chi connectivity index (χ2v) is 6.65. The zero-order chi connectivity index (χ0) is 14.7. The molecule has 1 aliphatic carbocycles. The van der Waals surface area contributed by atoms with Gasteiger partial charge in [0.1, 0.15) is 0 Å². The fourth-order valence-corrected chi connectivity index (χ4v) is 3.00. The van der Waals surface area contributed by atoms with Crippen LogP contribution in [-0.4, -0.2) is 6.04 Å². The maximum Gasteiger partial charge on any atom is 0.0208 e. The van der Waals surface area contributed by atoms with Crippen LogP contribution in [0.25, 0.3) is 0 Å². The Kier molecular flexibility index (Phi) is 4.40. The van der Waals surface area contributed by atoms with Crippen LogP contribution in [0.4, 0.5) is 0 Å². The van der Waals surface area contributed by atoms with Crippen molar-refractivity contribution in [2.45, 2.75) is 45.2 Å². The third-order valence-electron chi connectivity index (χ3n) is 4.25. The van der Waals surface area contributed by atoms with Gasteiger partial charge in [0.25, 0.3) is 0 Å². The number of rotatable bonds is 6. The molecule has 1 heteroatoms. The average molecular weight is 279 g/mol. The van der Waals surface area contributed by atoms with Gasteiger partial charge in [0, 0.05) is 18.5 Å². The van der Waals surface area contributed by atoms with Crippen molar-refractivity contribution in [2.24, 2.45) is 5.92 Å². The van der Waals surface area contributed by atoms with Crippen molar-refractivity contribution in [2.75, 3.05) is 0 Å². The SMILES string of the molecule is CC(C)Cc1ccc(CNC2CC2c2ccccc2)cc1. The standard InChI is InChI=1S/C20H25N/c1-15(2)12-16-8-10-17(11-9-16)14-21-20-13-19(20)18-6-4-3-5-7-18/h3-11,15,19-21H,12-14H2,1-2H3. The van der Waals surface area contributed by atoms with Gasteiger partial charge >= 0.3 is 0 Å². The van der Waals surface area contributed by atoms with Gasteiger partial charge in [-0.15, -0.1) is 0 Å². The maximum absolute atomic E-state index is 3.68. The first-order valence-electron chi connectivity index (χ1n) is 8.08. The number of hydrogen-bond donors (Lipinski definition) is 1. The molecule has 3 rings (SSSR count). The third-order valence-corrected chi connectivity index (χ3v) is 4.25. The van der Waals surface area contributed by atoms with Crippen LogP contribution in [0.2, 0.25) is 0 Å². The van der Waals surface area contributed by atoms with E-state index >= 15 is 0 Å². The third kappa shape index (κ3) is 3.95. The van der Waals surface area contributed by atoms with Crippen molar-refractivity contribution in [1.29, 1.82) is 0 Å². The van der Waals surface area contributed by atoms with Gasteiger partial charge in [0.15, 0.2) is 0 Å². The molecule has 0 bridgehead atoms. The molecule has 2 unspecified atom stereocenters. The number of nitrogens with one attached hydrogen (secondary N) is 1. The Morgan fingerprint density at radius 1 is 0.952 bits per heavy atom. The molecule has 1 saturated carbocycles. The highest BCUT2D eigenvalue weighted by Gasteiger charge is 2.37. The van der Waals surface area contributed by atoms with Crippen LogP contribution in [-0.2, 0) is 13.0 Å². The van der Waals surface area contributed by atoms with E-state index in [1.807, 2.05) is 0 Å². The van der Waals surface area contributed by atoms with Crippen LogP contribution in [0.1, 0.15) is 42.9 Å². The summed E-state index contributed by atoms with van der Waals surface area (Å²) in [5, 5.41) is 3.68. The Hall–Kier alpha value is -1.60. The molecule has 0 spiro atoms. The number of hydrogen-bond acceptors (Lipinski definition) is 1. The van der Waals surface area contributed by atoms with Crippen LogP contribution >= 0.6 is 0 Å². The molecule has 1 nitrogen and oxygen atoms in total. The molecule has 1 fully saturated rings. The van der Waals surface area contributed by atoms with Crippen molar-refractivity contribution in [3.63, 3.8) is 0 Å². The summed E-state index contributed by atoms with van der Waals surface area (Å²) < 4.78 is 0. The van der Waals surface area contributed by atoms with Gasteiger partial charge in [-0.2, -0.15) is 0 Å². The summed E-state index contributed by atoms with van der Waals surface area (Å²) in [6, 6.07) is 20.6. The van der Waals surface area contributed by atoms with Gasteiger partial charge in [-0.05, 0) is 35.4 Å². The van der Waals surface area contributed by atoms with E-state index in [-0.39, 0.29) is 0 Å². The molecular formula is C20H25N. The summed E-state index contributed by atoms with van der Waals surface area (Å²) in [6.07, 6.45) is 2.45. The molecule has 0 amide bonds. The predicted octanol–water partition coefficient (Wildman–Crippen LogP) is 4.53. The monoisotopic (exact) mass is 279 g/mol. The summed E-state index contributed by atoms with van der Waals surface area (Å²) in [5.41, 5.74) is 4.31. The molecule has 0 saturated heterocycles. The van der Waals surface area contributed by atoms with E-state index in [1.54, 1.807) is 0 Å². The van der Waals surface area contributed by atoms with Crippen LogP contribution in [0.5, 0.6) is 0 Å². The predicted molar refractivity (Wildman–Crippen MR) is 89.4 cm³/mol. The van der Waals surface area contributed by atoms with E-state index in [9.17, 15) is 0 Å². The minimum absolute atomic E-state index is 0.655. The van der Waals surface area contributed by atoms with E-state index in [1.165, 1.54) is 29.5 Å². The van der Waals surface area contributed by atoms with Crippen LogP contribution in [0.3, 0.4) is 0 Å². The van der Waals surface area contributed by atoms with Gasteiger partial charge in [-0.1, -0.05) is 68.4 Å². The highest BCUT2D eigenvalue weighted by Crippen LogP contribution is 2.40. The first-order chi connectivity index (χ1) is 10.2. The fraction of sp³-hybridized carbons (Fsp3) is 0.400. The highest BCUT2D eigenvalue weighted by atomic mass is 15.0. The average Bonchev–Trinajstić information content (AvgIpc) is 3.27. The molecule has 0 heterocycles. The molecule has 2 atom stereocenters. The van der Waals surface area contributed by atoms with Crippen LogP contribution in [0.15, 0.2) is 54.6 Å². The lowest BCUT2D eigenvalue weighted by Crippen LogP contribution is -2.17. The summed E-state index contributed by atoms with van der Waals surface area (Å²) in [6.45, 7) is 5.52. The molecule has 0 radical (unpaired) electrons. The second kappa shape index (κ2) is 6.44. The highest BCUT2D eigenvalue weighted by molar-refractivity contribution is 5.28. The Balaban J connectivity index is 1.48. The topological polar surface area (TPSA) is 12.0 Å². The number of benzene rings is 2. The molecule has 1 N–H and O–H groups in total. The van der Waals surface area contributed by atoms with Gasteiger partial charge in [0.05, 0.1) is 0 Å². The summed E-state index contributed by atoms with van der Waals surface area (Å²) >= 11 is 0. The lowest BCUT2D eigenvalue weighted by atomic mass is 10.0. The molecule has 2 aromatic rings. The minimum Gasteiger partial charge on any atom is -0.309 e. The molecule has 21 heavy (non-hydrogen) atoms. The lowest BCUT2D eigenvalue weighted by molar-refractivity contribution is 0.645. The van der Waals surface area contributed by atoms with Crippen LogP contribution in [0, 0.1) is 5.92 Å². The minimum atomic E-state index is 0.655. The smallest absolute Gasteiger partial charge is 0.0208 e. The van der Waals surface area contributed by atoms with Gasteiger partial charge in [-0.25, -0.2) is 0 Å². The Morgan fingerprint density at radius 2 is 1.62 bits per heavy atom. The van der Waals surface area contributed by atoms with Gasteiger partial charge in [0.2, 0.25) is 0 Å². The molecule has 0 aliphatic heterocycles. The molecule has 2 aromatic carbocycles. The van der Waals surface area contributed by atoms with Crippen molar-refractivity contribution >= 4 is 0 Å². The normalized spacial score (nSPS) is 20.7. The Bertz CT molecular complexity index is 556. The summed E-state index contributed by atoms with van der Waals surface area (Å²) in [4.78, 5) is 0. The van der Waals surface area contributed by atoms with Crippen molar-refractivity contribution < 1.29 is 0 Å². The first kappa shape index (κ1) is 14.3. The van der Waals surface area contributed by atoms with E-state index in [0.29, 0.717) is 12.0 Å². The Morgan fingerprint density at radius 3 is 2.29 bits per heavy atom. The maximum atomic E-state index is 3.68. The van der Waals surface area contributed by atoms with Crippen molar-refractivity contribution in [3.8, 4) is 0 Å². The first-order valence-corrected chi connectivity index (χ1v) is 8.08. The van der Waals surface area contributed by atoms with E-state index < -0.39 is 0 Å². The summed E-state index contributed by atoms with van der Waals surface area (Å²) in [7, 11) is 0.